The van der Waals surface area contributed by atoms with Gasteiger partial charge in [-0.1, -0.05) is 13.0 Å². The van der Waals surface area contributed by atoms with Gasteiger partial charge < -0.3 is 16.0 Å². The van der Waals surface area contributed by atoms with Crippen LogP contribution in [0.15, 0.2) is 29.2 Å². The summed E-state index contributed by atoms with van der Waals surface area (Å²) < 4.78 is 26.7. The third-order valence-corrected chi connectivity index (χ3v) is 6.90. The molecular formula is C17H25ClN4O4S. The van der Waals surface area contributed by atoms with Crippen molar-refractivity contribution in [3.63, 3.8) is 0 Å². The van der Waals surface area contributed by atoms with Crippen LogP contribution in [0.4, 0.5) is 0 Å². The number of rotatable bonds is 4. The molecule has 27 heavy (non-hydrogen) atoms. The van der Waals surface area contributed by atoms with Crippen LogP contribution >= 0.6 is 12.4 Å². The summed E-state index contributed by atoms with van der Waals surface area (Å²) in [5.41, 5.74) is 6.02. The standard InChI is InChI=1S/C17H24N4O4S.ClH/c1-17(11-18)5-7-20(12-17)16(23)13-3-2-4-14(9-13)26(24,25)21-8-6-19-15(22)10-21;/h2-4,9H,5-8,10-12,18H2,1H3,(H,19,22);1H. The highest BCUT2D eigenvalue weighted by Gasteiger charge is 2.36. The predicted molar refractivity (Wildman–Crippen MR) is 103 cm³/mol. The number of piperazine rings is 1. The monoisotopic (exact) mass is 416 g/mol. The van der Waals surface area contributed by atoms with Crippen molar-refractivity contribution in [2.75, 3.05) is 39.3 Å². The van der Waals surface area contributed by atoms with Crippen molar-refractivity contribution >= 4 is 34.2 Å². The lowest BCUT2D eigenvalue weighted by Crippen LogP contribution is -2.49. The van der Waals surface area contributed by atoms with E-state index in [2.05, 4.69) is 5.32 Å². The number of likely N-dealkylation sites (tertiary alicyclic amines) is 1. The van der Waals surface area contributed by atoms with Crippen LogP contribution in [0.3, 0.4) is 0 Å². The van der Waals surface area contributed by atoms with Crippen LogP contribution in [0.2, 0.25) is 0 Å². The van der Waals surface area contributed by atoms with Crippen LogP contribution in [0, 0.1) is 5.41 Å². The molecule has 3 N–H and O–H groups in total. The summed E-state index contributed by atoms with van der Waals surface area (Å²) in [5.74, 6) is -0.527. The number of halogens is 1. The zero-order valence-electron chi connectivity index (χ0n) is 15.2. The van der Waals surface area contributed by atoms with Gasteiger partial charge in [0, 0.05) is 31.7 Å². The van der Waals surface area contributed by atoms with E-state index in [1.807, 2.05) is 6.92 Å². The summed E-state index contributed by atoms with van der Waals surface area (Å²) in [7, 11) is -3.82. The number of nitrogens with two attached hydrogens (primary N) is 1. The predicted octanol–water partition coefficient (Wildman–Crippen LogP) is 0.0398. The molecule has 10 heteroatoms. The number of carbonyl (C=O) groups is 2. The van der Waals surface area contributed by atoms with E-state index >= 15 is 0 Å². The molecule has 2 aliphatic rings. The van der Waals surface area contributed by atoms with Crippen molar-refractivity contribution in [3.05, 3.63) is 29.8 Å². The van der Waals surface area contributed by atoms with Crippen molar-refractivity contribution in [2.24, 2.45) is 11.1 Å². The molecule has 2 amide bonds. The van der Waals surface area contributed by atoms with Gasteiger partial charge in [0.15, 0.2) is 0 Å². The average Bonchev–Trinajstić information content (AvgIpc) is 3.04. The van der Waals surface area contributed by atoms with E-state index in [-0.39, 0.29) is 54.2 Å². The lowest BCUT2D eigenvalue weighted by Gasteiger charge is -2.26. The first kappa shape index (κ1) is 21.6. The number of sulfonamides is 1. The molecule has 2 heterocycles. The third-order valence-electron chi connectivity index (χ3n) is 5.06. The maximum Gasteiger partial charge on any atom is 0.253 e. The molecule has 1 atom stereocenters. The van der Waals surface area contributed by atoms with Crippen LogP contribution in [0.1, 0.15) is 23.7 Å². The van der Waals surface area contributed by atoms with Crippen molar-refractivity contribution in [1.29, 1.82) is 0 Å². The maximum absolute atomic E-state index is 12.8. The number of hydrogen-bond acceptors (Lipinski definition) is 5. The molecule has 0 bridgehead atoms. The van der Waals surface area contributed by atoms with Crippen molar-refractivity contribution in [3.8, 4) is 0 Å². The first-order valence-electron chi connectivity index (χ1n) is 8.61. The molecule has 1 unspecified atom stereocenters. The summed E-state index contributed by atoms with van der Waals surface area (Å²) in [5, 5.41) is 2.60. The Kier molecular flexibility index (Phi) is 6.51. The van der Waals surface area contributed by atoms with E-state index in [1.165, 1.54) is 12.1 Å². The molecule has 0 spiro atoms. The van der Waals surface area contributed by atoms with E-state index < -0.39 is 10.0 Å². The van der Waals surface area contributed by atoms with Crippen LogP contribution in [0.5, 0.6) is 0 Å². The van der Waals surface area contributed by atoms with Gasteiger partial charge in [-0.2, -0.15) is 4.31 Å². The molecule has 2 saturated heterocycles. The summed E-state index contributed by atoms with van der Waals surface area (Å²) in [6, 6.07) is 6.01. The van der Waals surface area contributed by atoms with Crippen molar-refractivity contribution < 1.29 is 18.0 Å². The SMILES string of the molecule is CC1(CN)CCN(C(=O)c2cccc(S(=O)(=O)N3CCNC(=O)C3)c2)C1.Cl. The Morgan fingerprint density at radius 1 is 1.33 bits per heavy atom. The summed E-state index contributed by atoms with van der Waals surface area (Å²) in [6.07, 6.45) is 0.829. The molecular weight excluding hydrogens is 392 g/mol. The highest BCUT2D eigenvalue weighted by atomic mass is 35.5. The molecule has 1 aromatic carbocycles. The Hall–Kier alpha value is -1.68. The van der Waals surface area contributed by atoms with Crippen molar-refractivity contribution in [1.82, 2.24) is 14.5 Å². The first-order valence-corrected chi connectivity index (χ1v) is 10.1. The molecule has 2 aliphatic heterocycles. The van der Waals surface area contributed by atoms with Crippen LogP contribution in [-0.2, 0) is 14.8 Å². The minimum atomic E-state index is -3.82. The summed E-state index contributed by atoms with van der Waals surface area (Å²) in [4.78, 5) is 26.0. The molecule has 3 rings (SSSR count). The zero-order valence-corrected chi connectivity index (χ0v) is 16.8. The largest absolute Gasteiger partial charge is 0.354 e. The van der Waals surface area contributed by atoms with E-state index in [4.69, 9.17) is 5.73 Å². The number of carbonyl (C=O) groups excluding carboxylic acids is 2. The van der Waals surface area contributed by atoms with Gasteiger partial charge in [-0.05, 0) is 36.6 Å². The molecule has 150 valence electrons. The topological polar surface area (TPSA) is 113 Å². The highest BCUT2D eigenvalue weighted by molar-refractivity contribution is 7.89. The fraction of sp³-hybridized carbons (Fsp3) is 0.529. The molecule has 8 nitrogen and oxygen atoms in total. The Morgan fingerprint density at radius 3 is 2.70 bits per heavy atom. The fourth-order valence-corrected chi connectivity index (χ4v) is 4.75. The Balaban J connectivity index is 0.00000261. The van der Waals surface area contributed by atoms with Gasteiger partial charge in [0.25, 0.3) is 5.91 Å². The number of hydrogen-bond donors (Lipinski definition) is 2. The lowest BCUT2D eigenvalue weighted by molar-refractivity contribution is -0.122. The normalized spacial score (nSPS) is 23.6. The van der Waals surface area contributed by atoms with Gasteiger partial charge in [-0.3, -0.25) is 9.59 Å². The highest BCUT2D eigenvalue weighted by Crippen LogP contribution is 2.30. The second-order valence-electron chi connectivity index (χ2n) is 7.21. The lowest BCUT2D eigenvalue weighted by atomic mass is 9.90. The second kappa shape index (κ2) is 8.14. The van der Waals surface area contributed by atoms with Gasteiger partial charge in [0.1, 0.15) is 0 Å². The van der Waals surface area contributed by atoms with E-state index in [9.17, 15) is 18.0 Å². The molecule has 0 aliphatic carbocycles. The number of nitrogens with one attached hydrogen (secondary N) is 1. The molecule has 0 saturated carbocycles. The first-order chi connectivity index (χ1) is 12.2. The number of nitrogens with zero attached hydrogens (tertiary/aromatic N) is 2. The Bertz CT molecular complexity index is 832. The molecule has 0 radical (unpaired) electrons. The Morgan fingerprint density at radius 2 is 2.07 bits per heavy atom. The zero-order chi connectivity index (χ0) is 18.9. The van der Waals surface area contributed by atoms with Crippen LogP contribution < -0.4 is 11.1 Å². The van der Waals surface area contributed by atoms with Gasteiger partial charge in [-0.15, -0.1) is 12.4 Å². The quantitative estimate of drug-likeness (QED) is 0.719. The number of benzene rings is 1. The smallest absolute Gasteiger partial charge is 0.253 e. The minimum Gasteiger partial charge on any atom is -0.354 e. The minimum absolute atomic E-state index is 0. The van der Waals surface area contributed by atoms with Gasteiger partial charge >= 0.3 is 0 Å². The Labute approximate surface area is 165 Å². The van der Waals surface area contributed by atoms with Crippen molar-refractivity contribution in [2.45, 2.75) is 18.2 Å². The third kappa shape index (κ3) is 4.43. The van der Waals surface area contributed by atoms with E-state index in [0.717, 1.165) is 10.7 Å². The van der Waals surface area contributed by atoms with E-state index in [1.54, 1.807) is 17.0 Å². The molecule has 1 aromatic rings. The van der Waals surface area contributed by atoms with E-state index in [0.29, 0.717) is 25.2 Å². The molecule has 0 aromatic heterocycles. The van der Waals surface area contributed by atoms with Gasteiger partial charge in [0.05, 0.1) is 11.4 Å². The van der Waals surface area contributed by atoms with Gasteiger partial charge in [-0.25, -0.2) is 8.42 Å². The summed E-state index contributed by atoms with van der Waals surface area (Å²) >= 11 is 0. The van der Waals surface area contributed by atoms with Gasteiger partial charge in [0.2, 0.25) is 15.9 Å². The van der Waals surface area contributed by atoms with Crippen LogP contribution in [-0.4, -0.2) is 68.7 Å². The number of amides is 2. The molecule has 2 fully saturated rings. The second-order valence-corrected chi connectivity index (χ2v) is 9.15. The average molecular weight is 417 g/mol. The fourth-order valence-electron chi connectivity index (χ4n) is 3.31. The van der Waals surface area contributed by atoms with Crippen LogP contribution in [0.25, 0.3) is 0 Å². The summed E-state index contributed by atoms with van der Waals surface area (Å²) in [6.45, 7) is 4.00. The maximum atomic E-state index is 12.8.